The van der Waals surface area contributed by atoms with E-state index in [1.165, 1.54) is 0 Å². The molecule has 0 fully saturated rings. The van der Waals surface area contributed by atoms with Gasteiger partial charge in [0.15, 0.2) is 0 Å². The van der Waals surface area contributed by atoms with Crippen molar-refractivity contribution in [1.29, 1.82) is 0 Å². The van der Waals surface area contributed by atoms with E-state index in [9.17, 15) is 4.79 Å². The summed E-state index contributed by atoms with van der Waals surface area (Å²) in [5.41, 5.74) is 0.473. The summed E-state index contributed by atoms with van der Waals surface area (Å²) in [6.45, 7) is 2.28. The first kappa shape index (κ1) is 14.1. The number of halogens is 2. The summed E-state index contributed by atoms with van der Waals surface area (Å²) in [4.78, 5) is 11.6. The van der Waals surface area contributed by atoms with Gasteiger partial charge in [-0.1, -0.05) is 23.2 Å². The smallest absolute Gasteiger partial charge is 0.319 e. The lowest BCUT2D eigenvalue weighted by molar-refractivity contribution is 0.173. The van der Waals surface area contributed by atoms with Crippen molar-refractivity contribution in [2.24, 2.45) is 0 Å². The molecule has 0 saturated carbocycles. The molecule has 0 aliphatic carbocycles. The first-order valence-electron chi connectivity index (χ1n) is 5.04. The second-order valence-electron chi connectivity index (χ2n) is 3.58. The van der Waals surface area contributed by atoms with Gasteiger partial charge in [-0.05, 0) is 25.1 Å². The predicted octanol–water partition coefficient (Wildman–Crippen LogP) is 3.15. The normalized spacial score (nSPS) is 12.0. The van der Waals surface area contributed by atoms with Gasteiger partial charge in [0.05, 0.1) is 23.4 Å². The fraction of sp³-hybridized carbons (Fsp3) is 0.364. The standard InChI is InChI=1S/C11H14Cl2N2O2/c1-7(6-17-2)14-11(16)15-10-5-8(12)3-4-9(10)13/h3-5,7H,6H2,1-2H3,(H2,14,15,16). The molecule has 1 rings (SSSR count). The largest absolute Gasteiger partial charge is 0.383 e. The van der Waals surface area contributed by atoms with E-state index >= 15 is 0 Å². The molecule has 0 aromatic heterocycles. The third-order valence-electron chi connectivity index (χ3n) is 1.97. The summed E-state index contributed by atoms with van der Waals surface area (Å²) in [6.07, 6.45) is 0. The van der Waals surface area contributed by atoms with Gasteiger partial charge >= 0.3 is 6.03 Å². The SMILES string of the molecule is COCC(C)NC(=O)Nc1cc(Cl)ccc1Cl. The Bertz CT molecular complexity index is 399. The molecule has 1 aromatic rings. The van der Waals surface area contributed by atoms with E-state index < -0.39 is 0 Å². The highest BCUT2D eigenvalue weighted by Crippen LogP contribution is 2.25. The average Bonchev–Trinajstić information content (AvgIpc) is 2.23. The van der Waals surface area contributed by atoms with Crippen LogP contribution < -0.4 is 10.6 Å². The number of carbonyl (C=O) groups is 1. The lowest BCUT2D eigenvalue weighted by Gasteiger charge is -2.14. The molecular weight excluding hydrogens is 263 g/mol. The Morgan fingerprint density at radius 1 is 1.47 bits per heavy atom. The molecular formula is C11H14Cl2N2O2. The van der Waals surface area contributed by atoms with E-state index in [-0.39, 0.29) is 12.1 Å². The highest BCUT2D eigenvalue weighted by molar-refractivity contribution is 6.35. The minimum atomic E-state index is -0.348. The Hall–Kier alpha value is -0.970. The summed E-state index contributed by atoms with van der Waals surface area (Å²) in [5, 5.41) is 6.26. The van der Waals surface area contributed by atoms with Crippen LogP contribution in [0, 0.1) is 0 Å². The molecule has 2 amide bonds. The number of ether oxygens (including phenoxy) is 1. The molecule has 0 bridgehead atoms. The fourth-order valence-electron chi connectivity index (χ4n) is 1.27. The number of methoxy groups -OCH3 is 1. The van der Waals surface area contributed by atoms with Gasteiger partial charge in [0.1, 0.15) is 0 Å². The summed E-state index contributed by atoms with van der Waals surface area (Å²) < 4.78 is 4.91. The number of carbonyl (C=O) groups excluding carboxylic acids is 1. The molecule has 1 unspecified atom stereocenters. The monoisotopic (exact) mass is 276 g/mol. The number of nitrogens with one attached hydrogen (secondary N) is 2. The highest BCUT2D eigenvalue weighted by Gasteiger charge is 2.09. The molecule has 0 heterocycles. The maximum absolute atomic E-state index is 11.6. The zero-order valence-electron chi connectivity index (χ0n) is 9.59. The molecule has 0 spiro atoms. The van der Waals surface area contributed by atoms with Gasteiger partial charge in [-0.3, -0.25) is 0 Å². The minimum absolute atomic E-state index is 0.0852. The van der Waals surface area contributed by atoms with Crippen LogP contribution in [-0.4, -0.2) is 25.8 Å². The van der Waals surface area contributed by atoms with Crippen molar-refractivity contribution in [3.63, 3.8) is 0 Å². The second-order valence-corrected chi connectivity index (χ2v) is 4.42. The first-order chi connectivity index (χ1) is 8.02. The minimum Gasteiger partial charge on any atom is -0.383 e. The van der Waals surface area contributed by atoms with Crippen LogP contribution in [0.3, 0.4) is 0 Å². The summed E-state index contributed by atoms with van der Waals surface area (Å²) in [6, 6.07) is 4.43. The van der Waals surface area contributed by atoms with Crippen LogP contribution in [0.25, 0.3) is 0 Å². The Morgan fingerprint density at radius 3 is 2.82 bits per heavy atom. The number of rotatable bonds is 4. The average molecular weight is 277 g/mol. The van der Waals surface area contributed by atoms with Crippen LogP contribution in [0.2, 0.25) is 10.0 Å². The summed E-state index contributed by atoms with van der Waals surface area (Å²) >= 11 is 11.7. The number of hydrogen-bond acceptors (Lipinski definition) is 2. The lowest BCUT2D eigenvalue weighted by Crippen LogP contribution is -2.38. The van der Waals surface area contributed by atoms with E-state index in [2.05, 4.69) is 10.6 Å². The van der Waals surface area contributed by atoms with E-state index in [4.69, 9.17) is 27.9 Å². The van der Waals surface area contributed by atoms with Gasteiger partial charge in [0, 0.05) is 12.1 Å². The maximum Gasteiger partial charge on any atom is 0.319 e. The van der Waals surface area contributed by atoms with Gasteiger partial charge in [-0.25, -0.2) is 4.79 Å². The number of anilines is 1. The Labute approximate surface area is 110 Å². The molecule has 6 heteroatoms. The van der Waals surface area contributed by atoms with E-state index in [0.717, 1.165) is 0 Å². The molecule has 2 N–H and O–H groups in total. The topological polar surface area (TPSA) is 50.4 Å². The van der Waals surface area contributed by atoms with Crippen LogP contribution in [0.4, 0.5) is 10.5 Å². The van der Waals surface area contributed by atoms with Gasteiger partial charge in [-0.15, -0.1) is 0 Å². The molecule has 1 atom stereocenters. The zero-order chi connectivity index (χ0) is 12.8. The quantitative estimate of drug-likeness (QED) is 0.888. The summed E-state index contributed by atoms with van der Waals surface area (Å²) in [7, 11) is 1.57. The van der Waals surface area contributed by atoms with Crippen molar-refractivity contribution >= 4 is 34.9 Å². The number of amides is 2. The Balaban J connectivity index is 2.58. The number of urea groups is 1. The molecule has 4 nitrogen and oxygen atoms in total. The third-order valence-corrected chi connectivity index (χ3v) is 2.54. The van der Waals surface area contributed by atoms with Gasteiger partial charge in [0.2, 0.25) is 0 Å². The zero-order valence-corrected chi connectivity index (χ0v) is 11.1. The number of hydrogen-bond donors (Lipinski definition) is 2. The van der Waals surface area contributed by atoms with E-state index in [0.29, 0.717) is 22.3 Å². The Kier molecular flexibility index (Phi) is 5.55. The van der Waals surface area contributed by atoms with E-state index in [1.807, 2.05) is 6.92 Å². The molecule has 0 aliphatic heterocycles. The highest BCUT2D eigenvalue weighted by atomic mass is 35.5. The van der Waals surface area contributed by atoms with E-state index in [1.54, 1.807) is 25.3 Å². The first-order valence-corrected chi connectivity index (χ1v) is 5.80. The van der Waals surface area contributed by atoms with Crippen LogP contribution in [0.1, 0.15) is 6.92 Å². The van der Waals surface area contributed by atoms with Crippen molar-refractivity contribution in [3.8, 4) is 0 Å². The van der Waals surface area contributed by atoms with Crippen molar-refractivity contribution in [2.45, 2.75) is 13.0 Å². The fourth-order valence-corrected chi connectivity index (χ4v) is 1.60. The third kappa shape index (κ3) is 4.81. The van der Waals surface area contributed by atoms with Crippen molar-refractivity contribution in [3.05, 3.63) is 28.2 Å². The molecule has 17 heavy (non-hydrogen) atoms. The summed E-state index contributed by atoms with van der Waals surface area (Å²) in [5.74, 6) is 0. The van der Waals surface area contributed by atoms with Crippen LogP contribution in [0.15, 0.2) is 18.2 Å². The second kappa shape index (κ2) is 6.69. The van der Waals surface area contributed by atoms with Crippen molar-refractivity contribution in [2.75, 3.05) is 19.0 Å². The number of benzene rings is 1. The van der Waals surface area contributed by atoms with Crippen molar-refractivity contribution < 1.29 is 9.53 Å². The van der Waals surface area contributed by atoms with Gasteiger partial charge in [-0.2, -0.15) is 0 Å². The van der Waals surface area contributed by atoms with Crippen LogP contribution in [0.5, 0.6) is 0 Å². The van der Waals surface area contributed by atoms with Gasteiger partial charge in [0.25, 0.3) is 0 Å². The lowest BCUT2D eigenvalue weighted by atomic mass is 10.3. The molecule has 0 aliphatic rings. The molecule has 0 radical (unpaired) electrons. The predicted molar refractivity (Wildman–Crippen MR) is 70.0 cm³/mol. The maximum atomic E-state index is 11.6. The molecule has 1 aromatic carbocycles. The van der Waals surface area contributed by atoms with Crippen molar-refractivity contribution in [1.82, 2.24) is 5.32 Å². The van der Waals surface area contributed by atoms with Crippen LogP contribution >= 0.6 is 23.2 Å². The van der Waals surface area contributed by atoms with Crippen LogP contribution in [-0.2, 0) is 4.74 Å². The molecule has 0 saturated heterocycles. The Morgan fingerprint density at radius 2 is 2.18 bits per heavy atom. The van der Waals surface area contributed by atoms with Gasteiger partial charge < -0.3 is 15.4 Å². The molecule has 94 valence electrons.